The quantitative estimate of drug-likeness (QED) is 0.344. The van der Waals surface area contributed by atoms with Crippen molar-refractivity contribution in [3.05, 3.63) is 101 Å². The van der Waals surface area contributed by atoms with Crippen LogP contribution in [0, 0.1) is 18.2 Å². The summed E-state index contributed by atoms with van der Waals surface area (Å²) in [4.78, 5) is 10.2. The number of rotatable bonds is 6. The summed E-state index contributed by atoms with van der Waals surface area (Å²) in [6.07, 6.45) is 8.32. The average Bonchev–Trinajstić information content (AvgIpc) is 2.76. The van der Waals surface area contributed by atoms with Crippen molar-refractivity contribution in [2.45, 2.75) is 27.4 Å². The van der Waals surface area contributed by atoms with E-state index >= 15 is 0 Å². The smallest absolute Gasteiger partial charge is 0.152 e. The summed E-state index contributed by atoms with van der Waals surface area (Å²) in [6.45, 7) is 9.50. The molecular weight excluding hydrogens is 381 g/mol. The van der Waals surface area contributed by atoms with Crippen LogP contribution in [0.1, 0.15) is 46.5 Å². The number of aryl methyl sites for hydroxylation is 1. The van der Waals surface area contributed by atoms with Crippen molar-refractivity contribution < 1.29 is 19.4 Å². The molecule has 160 valence electrons. The first-order valence-electron chi connectivity index (χ1n) is 9.29. The van der Waals surface area contributed by atoms with Gasteiger partial charge in [-0.1, -0.05) is 55.1 Å². The van der Waals surface area contributed by atoms with Crippen LogP contribution in [0.4, 0.5) is 4.39 Å². The second-order valence-electron chi connectivity index (χ2n) is 6.14. The van der Waals surface area contributed by atoms with Gasteiger partial charge in [0.25, 0.3) is 0 Å². The summed E-state index contributed by atoms with van der Waals surface area (Å²) in [5, 5.41) is 23.2. The van der Waals surface area contributed by atoms with E-state index in [1.807, 2.05) is 56.4 Å². The van der Waals surface area contributed by atoms with Gasteiger partial charge in [0.05, 0.1) is 12.2 Å². The molecule has 2 aromatic carbocycles. The van der Waals surface area contributed by atoms with Crippen LogP contribution in [0.2, 0.25) is 0 Å². The molecule has 0 fully saturated rings. The number of allylic oxidation sites excluding steroid dienone is 5. The minimum absolute atomic E-state index is 0.0278. The van der Waals surface area contributed by atoms with Crippen molar-refractivity contribution in [3.63, 3.8) is 0 Å². The Kier molecular flexibility index (Phi) is 13.2. The Balaban J connectivity index is 0.000000535. The molecule has 2 rings (SSSR count). The fourth-order valence-electron chi connectivity index (χ4n) is 2.47. The lowest BCUT2D eigenvalue weighted by Crippen LogP contribution is -1.95. The average molecular weight is 412 g/mol. The third kappa shape index (κ3) is 8.47. The lowest BCUT2D eigenvalue weighted by molar-refractivity contribution is 0.112. The molecule has 0 aliphatic heterocycles. The van der Waals surface area contributed by atoms with Gasteiger partial charge in [0.1, 0.15) is 5.82 Å². The van der Waals surface area contributed by atoms with Gasteiger partial charge in [0, 0.05) is 12.8 Å². The molecule has 0 saturated carbocycles. The fourth-order valence-corrected chi connectivity index (χ4v) is 2.47. The van der Waals surface area contributed by atoms with Crippen molar-refractivity contribution >= 4 is 17.6 Å². The van der Waals surface area contributed by atoms with Crippen molar-refractivity contribution in [1.29, 1.82) is 5.41 Å². The zero-order valence-electron chi connectivity index (χ0n) is 17.9. The highest BCUT2D eigenvalue weighted by molar-refractivity contribution is 5.96. The number of carbonyl (C=O) groups excluding carboxylic acids is 1. The third-order valence-corrected chi connectivity index (χ3v) is 4.03. The summed E-state index contributed by atoms with van der Waals surface area (Å²) in [6, 6.07) is 10.1. The Morgan fingerprint density at radius 2 is 1.87 bits per heavy atom. The van der Waals surface area contributed by atoms with E-state index in [-0.39, 0.29) is 17.9 Å². The largest absolute Gasteiger partial charge is 0.400 e. The number of nitrogens with one attached hydrogen (secondary N) is 1. The van der Waals surface area contributed by atoms with Gasteiger partial charge in [0.2, 0.25) is 0 Å². The van der Waals surface area contributed by atoms with Crippen LogP contribution in [0.15, 0.2) is 67.3 Å². The molecule has 0 atom stereocenters. The standard InChI is InChI=1S/C15H18O.C9H8FNO.CH4O/c1-4-6-7-14(5-2)15-9-8-13(11-16)10-12(15)3;1-6(11)7-2-3-8(5-12)9(10)4-7;1-2/h4-10,16H,2,11H2,1,3H3;2-5,11H,1H3;2H,1H3/b6-4-,14-7+;;. The highest BCUT2D eigenvalue weighted by atomic mass is 19.1. The van der Waals surface area contributed by atoms with Crippen LogP contribution in [0.25, 0.3) is 5.57 Å². The molecule has 5 heteroatoms. The van der Waals surface area contributed by atoms with Gasteiger partial charge in [-0.2, -0.15) is 0 Å². The Morgan fingerprint density at radius 3 is 2.30 bits per heavy atom. The number of hydrogen-bond donors (Lipinski definition) is 3. The molecule has 0 aromatic heterocycles. The lowest BCUT2D eigenvalue weighted by Gasteiger charge is -2.08. The number of aliphatic hydroxyl groups is 2. The van der Waals surface area contributed by atoms with Gasteiger partial charge in [-0.05, 0) is 60.7 Å². The summed E-state index contributed by atoms with van der Waals surface area (Å²) in [5.41, 5.74) is 5.16. The highest BCUT2D eigenvalue weighted by Crippen LogP contribution is 2.21. The van der Waals surface area contributed by atoms with Crippen molar-refractivity contribution in [3.8, 4) is 0 Å². The van der Waals surface area contributed by atoms with Crippen LogP contribution < -0.4 is 0 Å². The van der Waals surface area contributed by atoms with E-state index < -0.39 is 5.82 Å². The number of halogens is 1. The van der Waals surface area contributed by atoms with E-state index in [1.54, 1.807) is 13.0 Å². The number of aldehydes is 1. The second-order valence-corrected chi connectivity index (χ2v) is 6.14. The van der Waals surface area contributed by atoms with Crippen molar-refractivity contribution in [2.75, 3.05) is 7.11 Å². The number of hydrogen-bond acceptors (Lipinski definition) is 4. The summed E-state index contributed by atoms with van der Waals surface area (Å²) in [7, 11) is 1.00. The third-order valence-electron chi connectivity index (χ3n) is 4.03. The van der Waals surface area contributed by atoms with Gasteiger partial charge in [-0.25, -0.2) is 4.39 Å². The van der Waals surface area contributed by atoms with Crippen molar-refractivity contribution in [1.82, 2.24) is 0 Å². The first-order chi connectivity index (χ1) is 14.4. The molecule has 0 heterocycles. The molecule has 0 bridgehead atoms. The molecule has 30 heavy (non-hydrogen) atoms. The maximum Gasteiger partial charge on any atom is 0.152 e. The van der Waals surface area contributed by atoms with Crippen LogP contribution in [0.3, 0.4) is 0 Å². The van der Waals surface area contributed by atoms with Crippen LogP contribution >= 0.6 is 0 Å². The normalized spacial score (nSPS) is 10.4. The number of benzene rings is 2. The monoisotopic (exact) mass is 411 g/mol. The minimum atomic E-state index is -0.575. The molecule has 0 radical (unpaired) electrons. The van der Waals surface area contributed by atoms with E-state index in [9.17, 15) is 9.18 Å². The van der Waals surface area contributed by atoms with E-state index in [2.05, 4.69) is 6.58 Å². The molecular formula is C25H30FNO3. The molecule has 0 aliphatic rings. The van der Waals surface area contributed by atoms with Crippen LogP contribution in [-0.4, -0.2) is 29.3 Å². The summed E-state index contributed by atoms with van der Waals surface area (Å²) < 4.78 is 12.9. The SMILES string of the molecule is C=C/C(=C\C=C/C)c1ccc(CO)cc1C.CC(=N)c1ccc(C=O)c(F)c1.CO. The summed E-state index contributed by atoms with van der Waals surface area (Å²) >= 11 is 0. The van der Waals surface area contributed by atoms with E-state index in [0.717, 1.165) is 29.4 Å². The Labute approximate surface area is 178 Å². The fraction of sp³-hybridized carbons (Fsp3) is 0.200. The van der Waals surface area contributed by atoms with Gasteiger partial charge < -0.3 is 15.6 Å². The van der Waals surface area contributed by atoms with E-state index in [1.165, 1.54) is 12.1 Å². The second kappa shape index (κ2) is 14.8. The molecule has 4 nitrogen and oxygen atoms in total. The van der Waals surface area contributed by atoms with Gasteiger partial charge in [0.15, 0.2) is 6.29 Å². The lowest BCUT2D eigenvalue weighted by atomic mass is 9.98. The van der Waals surface area contributed by atoms with E-state index in [0.29, 0.717) is 11.8 Å². The first kappa shape index (κ1) is 26.9. The zero-order valence-corrected chi connectivity index (χ0v) is 17.9. The molecule has 0 spiro atoms. The number of carbonyl (C=O) groups is 1. The minimum Gasteiger partial charge on any atom is -0.400 e. The molecule has 0 saturated heterocycles. The van der Waals surface area contributed by atoms with E-state index in [4.69, 9.17) is 15.6 Å². The van der Waals surface area contributed by atoms with Crippen molar-refractivity contribution in [2.24, 2.45) is 0 Å². The van der Waals surface area contributed by atoms with Gasteiger partial charge in [-0.15, -0.1) is 0 Å². The van der Waals surface area contributed by atoms with Gasteiger partial charge in [-0.3, -0.25) is 4.79 Å². The molecule has 3 N–H and O–H groups in total. The topological polar surface area (TPSA) is 81.4 Å². The number of aliphatic hydroxyl groups excluding tert-OH is 2. The Bertz CT molecular complexity index is 915. The molecule has 0 amide bonds. The highest BCUT2D eigenvalue weighted by Gasteiger charge is 2.03. The molecule has 0 unspecified atom stereocenters. The predicted octanol–water partition coefficient (Wildman–Crippen LogP) is 5.27. The predicted molar refractivity (Wildman–Crippen MR) is 123 cm³/mol. The molecule has 0 aliphatic carbocycles. The van der Waals surface area contributed by atoms with Crippen LogP contribution in [0.5, 0.6) is 0 Å². The maximum atomic E-state index is 12.9. The first-order valence-corrected chi connectivity index (χ1v) is 9.29. The van der Waals surface area contributed by atoms with Crippen LogP contribution in [-0.2, 0) is 6.61 Å². The summed E-state index contributed by atoms with van der Waals surface area (Å²) in [5.74, 6) is -0.575. The maximum absolute atomic E-state index is 12.9. The zero-order chi connectivity index (χ0) is 23.1. The Hall–Kier alpha value is -3.15. The molecule has 2 aromatic rings. The van der Waals surface area contributed by atoms with Gasteiger partial charge >= 0.3 is 0 Å². The Morgan fingerprint density at radius 1 is 1.20 bits per heavy atom.